The minimum atomic E-state index is -0.254. The molecule has 3 aliphatic rings. The summed E-state index contributed by atoms with van der Waals surface area (Å²) in [6.07, 6.45) is 2.59. The normalized spacial score (nSPS) is 17.1. The zero-order chi connectivity index (χ0) is 36.8. The first kappa shape index (κ1) is 33.7. The fraction of sp³-hybridized carbons (Fsp3) is 0.227. The van der Waals surface area contributed by atoms with Crippen molar-refractivity contribution in [2.45, 2.75) is 19.0 Å². The van der Waals surface area contributed by atoms with Crippen LogP contribution in [0.2, 0.25) is 0 Å². The van der Waals surface area contributed by atoms with E-state index in [-0.39, 0.29) is 30.4 Å². The van der Waals surface area contributed by atoms with Crippen molar-refractivity contribution in [1.82, 2.24) is 19.3 Å². The van der Waals surface area contributed by atoms with E-state index in [4.69, 9.17) is 9.47 Å². The Hall–Kier alpha value is -6.10. The maximum absolute atomic E-state index is 15.2. The number of aromatic hydroxyl groups is 1. The highest BCUT2D eigenvalue weighted by molar-refractivity contribution is 6.17. The summed E-state index contributed by atoms with van der Waals surface area (Å²) in [5.41, 5.74) is 6.02. The Morgan fingerprint density at radius 3 is 2.20 bits per heavy atom. The number of phenols is 1. The number of hydrogen-bond donors (Lipinski definition) is 1. The second-order valence-corrected chi connectivity index (χ2v) is 14.3. The summed E-state index contributed by atoms with van der Waals surface area (Å²) in [6.45, 7) is 5.26. The summed E-state index contributed by atoms with van der Waals surface area (Å²) in [5.74, 6) is 0.817. The van der Waals surface area contributed by atoms with Crippen molar-refractivity contribution in [2.75, 3.05) is 51.5 Å². The highest BCUT2D eigenvalue weighted by Gasteiger charge is 2.35. The zero-order valence-electron chi connectivity index (χ0n) is 30.1. The van der Waals surface area contributed by atoms with Crippen molar-refractivity contribution >= 4 is 34.1 Å². The van der Waals surface area contributed by atoms with Crippen LogP contribution in [-0.2, 0) is 13.0 Å². The molecule has 9 rings (SSSR count). The molecule has 54 heavy (non-hydrogen) atoms. The molecule has 2 amide bonds. The molecular formula is C44H41N5O5. The molecule has 1 fully saturated rings. The van der Waals surface area contributed by atoms with Gasteiger partial charge in [0.25, 0.3) is 11.8 Å². The smallest absolute Gasteiger partial charge is 0.265 e. The van der Waals surface area contributed by atoms with Crippen LogP contribution in [0.4, 0.5) is 11.4 Å². The zero-order valence-corrected chi connectivity index (χ0v) is 30.1. The second-order valence-electron chi connectivity index (χ2n) is 14.3. The van der Waals surface area contributed by atoms with E-state index in [1.165, 1.54) is 5.56 Å². The number of ether oxygens (including phenoxy) is 2. The lowest BCUT2D eigenvalue weighted by Gasteiger charge is -2.41. The Kier molecular flexibility index (Phi) is 8.76. The van der Waals surface area contributed by atoms with E-state index in [9.17, 15) is 9.90 Å². The van der Waals surface area contributed by atoms with Crippen LogP contribution in [0.25, 0.3) is 16.6 Å². The van der Waals surface area contributed by atoms with Gasteiger partial charge in [-0.3, -0.25) is 19.4 Å². The lowest BCUT2D eigenvalue weighted by Crippen LogP contribution is -2.53. The summed E-state index contributed by atoms with van der Waals surface area (Å²) in [5, 5.41) is 10.8. The lowest BCUT2D eigenvalue weighted by atomic mass is 9.92. The number of anilines is 2. The van der Waals surface area contributed by atoms with Crippen LogP contribution in [0.3, 0.4) is 0 Å². The average Bonchev–Trinajstić information content (AvgIpc) is 3.84. The molecular weight excluding hydrogens is 679 g/mol. The first-order valence-electron chi connectivity index (χ1n) is 18.4. The van der Waals surface area contributed by atoms with Crippen LogP contribution < -0.4 is 14.4 Å². The number of piperazine rings is 1. The molecule has 1 N–H and O–H groups in total. The number of hydrogen-bond acceptors (Lipinski definition) is 7. The molecule has 0 radical (unpaired) electrons. The highest BCUT2D eigenvalue weighted by Crippen LogP contribution is 2.40. The summed E-state index contributed by atoms with van der Waals surface area (Å²) in [4.78, 5) is 38.5. The van der Waals surface area contributed by atoms with Crippen molar-refractivity contribution in [2.24, 2.45) is 0 Å². The van der Waals surface area contributed by atoms with Crippen LogP contribution in [0.15, 0.2) is 121 Å². The molecule has 0 saturated carbocycles. The van der Waals surface area contributed by atoms with Gasteiger partial charge in [-0.2, -0.15) is 0 Å². The third kappa shape index (κ3) is 6.23. The van der Waals surface area contributed by atoms with Crippen LogP contribution in [0.1, 0.15) is 31.8 Å². The van der Waals surface area contributed by atoms with Gasteiger partial charge in [0.05, 0.1) is 22.3 Å². The van der Waals surface area contributed by atoms with E-state index >= 15 is 4.79 Å². The number of para-hydroxylation sites is 2. The SMILES string of the molecule is CN1CCN(C[C@@H]2Cc3ccccc3CN2C(=O)c2cc3c(cc2-n2cc(C(=O)N(c4ccccc4)c4ccc(O)cc4)c4ccccc42)OCO3)CC1. The van der Waals surface area contributed by atoms with Gasteiger partial charge in [0, 0.05) is 74.3 Å². The molecule has 10 heteroatoms. The van der Waals surface area contributed by atoms with E-state index in [1.54, 1.807) is 35.2 Å². The quantitative estimate of drug-likeness (QED) is 0.193. The number of rotatable bonds is 7. The number of carbonyl (C=O) groups is 2. The van der Waals surface area contributed by atoms with Crippen LogP contribution >= 0.6 is 0 Å². The van der Waals surface area contributed by atoms with E-state index in [0.29, 0.717) is 46.2 Å². The van der Waals surface area contributed by atoms with E-state index < -0.39 is 0 Å². The predicted octanol–water partition coefficient (Wildman–Crippen LogP) is 6.86. The number of fused-ring (bicyclic) bond motifs is 3. The fourth-order valence-electron chi connectivity index (χ4n) is 8.01. The third-order valence-electron chi connectivity index (χ3n) is 10.9. The topological polar surface area (TPSA) is 90.7 Å². The number of amides is 2. The van der Waals surface area contributed by atoms with Gasteiger partial charge in [0.2, 0.25) is 6.79 Å². The number of likely N-dealkylation sites (N-methyl/N-ethyl adjacent to an activating group) is 1. The van der Waals surface area contributed by atoms with Gasteiger partial charge in [-0.1, -0.05) is 60.7 Å². The van der Waals surface area contributed by atoms with Gasteiger partial charge in [-0.25, -0.2) is 0 Å². The third-order valence-corrected chi connectivity index (χ3v) is 10.9. The van der Waals surface area contributed by atoms with Gasteiger partial charge >= 0.3 is 0 Å². The van der Waals surface area contributed by atoms with Crippen LogP contribution in [0, 0.1) is 0 Å². The number of phenolic OH excluding ortho intramolecular Hbond substituents is 1. The molecule has 0 aliphatic carbocycles. The van der Waals surface area contributed by atoms with Crippen molar-refractivity contribution in [3.8, 4) is 22.9 Å². The highest BCUT2D eigenvalue weighted by atomic mass is 16.7. The minimum absolute atomic E-state index is 0.0302. The van der Waals surface area contributed by atoms with Gasteiger partial charge in [0.15, 0.2) is 11.5 Å². The molecule has 10 nitrogen and oxygen atoms in total. The van der Waals surface area contributed by atoms with Crippen molar-refractivity contribution in [3.63, 3.8) is 0 Å². The van der Waals surface area contributed by atoms with Crippen molar-refractivity contribution in [3.05, 3.63) is 144 Å². The monoisotopic (exact) mass is 719 g/mol. The maximum Gasteiger partial charge on any atom is 0.265 e. The standard InChI is InChI=1S/C44H41N5O5/c1-45-19-21-46(22-20-45)27-34-23-30-9-5-6-10-31(30)26-47(34)43(51)37-24-41-42(54-29-53-41)25-40(37)48-28-38(36-13-7-8-14-39(36)48)44(52)49(32-11-3-2-4-12-32)33-15-17-35(50)18-16-33/h2-18,24-25,28,34,50H,19-23,26-27,29H2,1H3/t34-/m0/s1. The van der Waals surface area contributed by atoms with E-state index in [2.05, 4.69) is 35.0 Å². The first-order valence-corrected chi connectivity index (χ1v) is 18.4. The van der Waals surface area contributed by atoms with Gasteiger partial charge in [0.1, 0.15) is 5.75 Å². The van der Waals surface area contributed by atoms with E-state index in [0.717, 1.165) is 55.6 Å². The van der Waals surface area contributed by atoms with E-state index in [1.807, 2.05) is 82.4 Å². The molecule has 0 bridgehead atoms. The number of nitrogens with zero attached hydrogens (tertiary/aromatic N) is 5. The fourth-order valence-corrected chi connectivity index (χ4v) is 8.01. The minimum Gasteiger partial charge on any atom is -0.508 e. The molecule has 0 spiro atoms. The van der Waals surface area contributed by atoms with Gasteiger partial charge in [-0.15, -0.1) is 0 Å². The Balaban J connectivity index is 1.15. The Morgan fingerprint density at radius 1 is 0.759 bits per heavy atom. The Bertz CT molecular complexity index is 2350. The largest absolute Gasteiger partial charge is 0.508 e. The van der Waals surface area contributed by atoms with Crippen molar-refractivity contribution < 1.29 is 24.2 Å². The number of aromatic nitrogens is 1. The van der Waals surface area contributed by atoms with Gasteiger partial charge in [-0.05, 0) is 73.1 Å². The molecule has 6 aromatic rings. The molecule has 4 heterocycles. The van der Waals surface area contributed by atoms with Crippen LogP contribution in [0.5, 0.6) is 17.2 Å². The molecule has 3 aliphatic heterocycles. The molecule has 0 unspecified atom stereocenters. The summed E-state index contributed by atoms with van der Waals surface area (Å²) < 4.78 is 13.7. The average molecular weight is 720 g/mol. The number of benzene rings is 5. The molecule has 5 aromatic carbocycles. The summed E-state index contributed by atoms with van der Waals surface area (Å²) in [7, 11) is 2.15. The molecule has 1 saturated heterocycles. The maximum atomic E-state index is 15.2. The molecule has 1 aromatic heterocycles. The first-order chi connectivity index (χ1) is 26.4. The Labute approximate surface area is 314 Å². The number of carbonyl (C=O) groups excluding carboxylic acids is 2. The second kappa shape index (κ2) is 14.0. The molecule has 272 valence electrons. The summed E-state index contributed by atoms with van der Waals surface area (Å²) >= 11 is 0. The van der Waals surface area contributed by atoms with Gasteiger partial charge < -0.3 is 28.9 Å². The van der Waals surface area contributed by atoms with Crippen LogP contribution in [-0.4, -0.2) is 88.8 Å². The predicted molar refractivity (Wildman–Crippen MR) is 208 cm³/mol. The molecule has 1 atom stereocenters. The Morgan fingerprint density at radius 2 is 1.43 bits per heavy atom. The lowest BCUT2D eigenvalue weighted by molar-refractivity contribution is 0.0535. The summed E-state index contributed by atoms with van der Waals surface area (Å²) in [6, 6.07) is 35.8. The van der Waals surface area contributed by atoms with Crippen molar-refractivity contribution in [1.29, 1.82) is 0 Å².